The molecule has 122 valence electrons. The van der Waals surface area contributed by atoms with Crippen LogP contribution in [0.1, 0.15) is 12.6 Å². The Balaban J connectivity index is 0.00000242. The summed E-state index contributed by atoms with van der Waals surface area (Å²) in [5.74, 6) is 0.818. The van der Waals surface area contributed by atoms with E-state index in [1.165, 1.54) is 0 Å². The van der Waals surface area contributed by atoms with E-state index < -0.39 is 0 Å². The predicted octanol–water partition coefficient (Wildman–Crippen LogP) is 1.70. The standard InChI is InChI=1S/C15H23N5O.HI/c1-3-16-15(18-9-11-21-2)17-8-7-13-12-20-10-5-4-6-14(20)19-13;/h4-6,10,12H,3,7-9,11H2,1-2H3,(H2,16,17,18);1H. The number of fused-ring (bicyclic) bond motifs is 1. The van der Waals surface area contributed by atoms with Crippen molar-refractivity contribution < 1.29 is 4.74 Å². The molecule has 0 saturated carbocycles. The van der Waals surface area contributed by atoms with E-state index in [2.05, 4.69) is 33.7 Å². The number of nitrogens with zero attached hydrogens (tertiary/aromatic N) is 3. The summed E-state index contributed by atoms with van der Waals surface area (Å²) in [5.41, 5.74) is 2.05. The molecule has 0 aliphatic carbocycles. The number of hydrogen-bond donors (Lipinski definition) is 2. The average Bonchev–Trinajstić information content (AvgIpc) is 2.90. The molecule has 0 atom stereocenters. The van der Waals surface area contributed by atoms with Gasteiger partial charge >= 0.3 is 0 Å². The molecule has 0 spiro atoms. The number of rotatable bonds is 7. The van der Waals surface area contributed by atoms with Gasteiger partial charge in [-0.05, 0) is 19.1 Å². The van der Waals surface area contributed by atoms with Gasteiger partial charge < -0.3 is 19.8 Å². The SMILES string of the molecule is CCNC(=NCCOC)NCCc1cn2ccccc2n1.I. The Morgan fingerprint density at radius 3 is 2.95 bits per heavy atom. The van der Waals surface area contributed by atoms with Crippen molar-refractivity contribution in [3.05, 3.63) is 36.3 Å². The molecule has 0 aromatic carbocycles. The van der Waals surface area contributed by atoms with E-state index in [0.29, 0.717) is 13.2 Å². The van der Waals surface area contributed by atoms with E-state index >= 15 is 0 Å². The number of methoxy groups -OCH3 is 1. The van der Waals surface area contributed by atoms with Crippen molar-refractivity contribution in [2.45, 2.75) is 13.3 Å². The van der Waals surface area contributed by atoms with Crippen LogP contribution in [0.5, 0.6) is 0 Å². The minimum Gasteiger partial charge on any atom is -0.383 e. The van der Waals surface area contributed by atoms with Crippen LogP contribution in [0, 0.1) is 0 Å². The van der Waals surface area contributed by atoms with Crippen molar-refractivity contribution in [3.8, 4) is 0 Å². The summed E-state index contributed by atoms with van der Waals surface area (Å²) in [6.45, 7) is 4.97. The summed E-state index contributed by atoms with van der Waals surface area (Å²) in [4.78, 5) is 8.99. The molecule has 0 aliphatic heterocycles. The van der Waals surface area contributed by atoms with Crippen molar-refractivity contribution in [2.24, 2.45) is 4.99 Å². The highest BCUT2D eigenvalue weighted by Gasteiger charge is 2.02. The van der Waals surface area contributed by atoms with Gasteiger partial charge in [0.1, 0.15) is 5.65 Å². The maximum Gasteiger partial charge on any atom is 0.191 e. The van der Waals surface area contributed by atoms with Gasteiger partial charge in [0.15, 0.2) is 5.96 Å². The highest BCUT2D eigenvalue weighted by molar-refractivity contribution is 14.0. The minimum absolute atomic E-state index is 0. The Morgan fingerprint density at radius 2 is 2.23 bits per heavy atom. The Hall–Kier alpha value is -1.35. The molecule has 0 bridgehead atoms. The second-order valence-electron chi connectivity index (χ2n) is 4.63. The van der Waals surface area contributed by atoms with Crippen LogP contribution in [-0.2, 0) is 11.2 Å². The van der Waals surface area contributed by atoms with Gasteiger partial charge in [-0.1, -0.05) is 6.07 Å². The highest BCUT2D eigenvalue weighted by Crippen LogP contribution is 2.04. The lowest BCUT2D eigenvalue weighted by Gasteiger charge is -2.10. The van der Waals surface area contributed by atoms with Gasteiger partial charge in [-0.25, -0.2) is 4.98 Å². The molecule has 2 rings (SSSR count). The lowest BCUT2D eigenvalue weighted by atomic mass is 10.3. The number of pyridine rings is 1. The Morgan fingerprint density at radius 1 is 1.36 bits per heavy atom. The van der Waals surface area contributed by atoms with E-state index in [9.17, 15) is 0 Å². The molecular formula is C15H24IN5O. The van der Waals surface area contributed by atoms with Gasteiger partial charge in [-0.15, -0.1) is 24.0 Å². The molecule has 0 aliphatic rings. The molecule has 2 heterocycles. The van der Waals surface area contributed by atoms with E-state index in [1.807, 2.05) is 28.8 Å². The summed E-state index contributed by atoms with van der Waals surface area (Å²) < 4.78 is 7.04. The average molecular weight is 417 g/mol. The number of hydrogen-bond acceptors (Lipinski definition) is 3. The van der Waals surface area contributed by atoms with Gasteiger partial charge in [0.2, 0.25) is 0 Å². The number of ether oxygens (including phenoxy) is 1. The fraction of sp³-hybridized carbons (Fsp3) is 0.467. The lowest BCUT2D eigenvalue weighted by molar-refractivity contribution is 0.208. The maximum atomic E-state index is 5.00. The Bertz CT molecular complexity index is 551. The molecule has 2 aromatic heterocycles. The number of nitrogens with one attached hydrogen (secondary N) is 2. The molecule has 6 nitrogen and oxygen atoms in total. The lowest BCUT2D eigenvalue weighted by Crippen LogP contribution is -2.38. The van der Waals surface area contributed by atoms with E-state index in [0.717, 1.165) is 36.8 Å². The zero-order valence-electron chi connectivity index (χ0n) is 13.1. The van der Waals surface area contributed by atoms with Gasteiger partial charge in [0.25, 0.3) is 0 Å². The van der Waals surface area contributed by atoms with Crippen molar-refractivity contribution in [1.82, 2.24) is 20.0 Å². The fourth-order valence-corrected chi connectivity index (χ4v) is 2.01. The van der Waals surface area contributed by atoms with E-state index in [-0.39, 0.29) is 24.0 Å². The zero-order valence-corrected chi connectivity index (χ0v) is 15.4. The first kappa shape index (κ1) is 18.7. The summed E-state index contributed by atoms with van der Waals surface area (Å²) in [6.07, 6.45) is 4.93. The van der Waals surface area contributed by atoms with Crippen molar-refractivity contribution in [2.75, 3.05) is 33.4 Å². The first-order valence-corrected chi connectivity index (χ1v) is 7.27. The molecule has 0 radical (unpaired) electrons. The molecule has 2 aromatic rings. The first-order chi connectivity index (χ1) is 10.3. The van der Waals surface area contributed by atoms with Crippen LogP contribution in [0.2, 0.25) is 0 Å². The van der Waals surface area contributed by atoms with Crippen LogP contribution >= 0.6 is 24.0 Å². The second-order valence-corrected chi connectivity index (χ2v) is 4.63. The molecule has 7 heteroatoms. The highest BCUT2D eigenvalue weighted by atomic mass is 127. The molecule has 2 N–H and O–H groups in total. The molecule has 0 saturated heterocycles. The van der Waals surface area contributed by atoms with Crippen LogP contribution in [0.3, 0.4) is 0 Å². The van der Waals surface area contributed by atoms with Crippen LogP contribution < -0.4 is 10.6 Å². The third-order valence-corrected chi connectivity index (χ3v) is 3.00. The van der Waals surface area contributed by atoms with Gasteiger partial charge in [-0.3, -0.25) is 4.99 Å². The third kappa shape index (κ3) is 5.80. The summed E-state index contributed by atoms with van der Waals surface area (Å²) in [5, 5.41) is 6.52. The minimum atomic E-state index is 0. The van der Waals surface area contributed by atoms with Crippen LogP contribution in [0.15, 0.2) is 35.6 Å². The topological polar surface area (TPSA) is 63.0 Å². The molecule has 0 unspecified atom stereocenters. The number of imidazole rings is 1. The monoisotopic (exact) mass is 417 g/mol. The largest absolute Gasteiger partial charge is 0.383 e. The summed E-state index contributed by atoms with van der Waals surface area (Å²) >= 11 is 0. The Kier molecular flexibility index (Phi) is 8.83. The number of guanidine groups is 1. The Labute approximate surface area is 148 Å². The smallest absolute Gasteiger partial charge is 0.191 e. The summed E-state index contributed by atoms with van der Waals surface area (Å²) in [7, 11) is 1.68. The fourth-order valence-electron chi connectivity index (χ4n) is 2.01. The molecule has 22 heavy (non-hydrogen) atoms. The van der Waals surface area contributed by atoms with Gasteiger partial charge in [-0.2, -0.15) is 0 Å². The number of aromatic nitrogens is 2. The number of halogens is 1. The van der Waals surface area contributed by atoms with Gasteiger partial charge in [0, 0.05) is 39.0 Å². The third-order valence-electron chi connectivity index (χ3n) is 3.00. The number of aliphatic imine (C=N–C) groups is 1. The van der Waals surface area contributed by atoms with Crippen LogP contribution in [-0.4, -0.2) is 48.7 Å². The second kappa shape index (κ2) is 10.4. The quantitative estimate of drug-likeness (QED) is 0.312. The molecule has 0 fully saturated rings. The normalized spacial score (nSPS) is 11.3. The van der Waals surface area contributed by atoms with Crippen LogP contribution in [0.4, 0.5) is 0 Å². The maximum absolute atomic E-state index is 5.00. The summed E-state index contributed by atoms with van der Waals surface area (Å²) in [6, 6.07) is 6.01. The van der Waals surface area contributed by atoms with Crippen LogP contribution in [0.25, 0.3) is 5.65 Å². The van der Waals surface area contributed by atoms with E-state index in [4.69, 9.17) is 4.74 Å². The van der Waals surface area contributed by atoms with Gasteiger partial charge in [0.05, 0.1) is 18.8 Å². The van der Waals surface area contributed by atoms with E-state index in [1.54, 1.807) is 7.11 Å². The predicted molar refractivity (Wildman–Crippen MR) is 100 cm³/mol. The van der Waals surface area contributed by atoms with Crippen molar-refractivity contribution in [3.63, 3.8) is 0 Å². The molecular weight excluding hydrogens is 393 g/mol. The van der Waals surface area contributed by atoms with Crippen molar-refractivity contribution >= 4 is 35.6 Å². The zero-order chi connectivity index (χ0) is 14.9. The first-order valence-electron chi connectivity index (χ1n) is 7.27. The van der Waals surface area contributed by atoms with Crippen molar-refractivity contribution in [1.29, 1.82) is 0 Å². The molecule has 0 amide bonds.